The number of benzene rings is 1. The van der Waals surface area contributed by atoms with Crippen LogP contribution in [0.2, 0.25) is 0 Å². The van der Waals surface area contributed by atoms with Gasteiger partial charge >= 0.3 is 5.91 Å². The Morgan fingerprint density at radius 3 is 2.11 bits per heavy atom. The Hall–Kier alpha value is -1.89. The average molecular weight is 388 g/mol. The third-order valence-corrected chi connectivity index (χ3v) is 6.45. The molecule has 2 aliphatic heterocycles. The fourth-order valence-corrected chi connectivity index (χ4v) is 4.82. The van der Waals surface area contributed by atoms with Gasteiger partial charge in [-0.05, 0) is 51.8 Å². The molecule has 3 rings (SSSR count). The first kappa shape index (κ1) is 20.8. The maximum atomic E-state index is 14.2. The lowest BCUT2D eigenvalue weighted by atomic mass is 9.78. The molecule has 1 aromatic carbocycles. The third-order valence-electron chi connectivity index (χ3n) is 6.45. The summed E-state index contributed by atoms with van der Waals surface area (Å²) in [4.78, 5) is 14.7. The van der Waals surface area contributed by atoms with E-state index in [9.17, 15) is 10.0 Å². The fourth-order valence-electron chi connectivity index (χ4n) is 4.82. The minimum Gasteiger partial charge on any atom is -0.378 e. The summed E-state index contributed by atoms with van der Waals surface area (Å²) in [6.07, 6.45) is 4.19. The molecule has 153 valence electrons. The fraction of sp³-hybridized carbons (Fsp3) is 0.591. The van der Waals surface area contributed by atoms with Crippen LogP contribution < -0.4 is 10.6 Å². The summed E-state index contributed by atoms with van der Waals surface area (Å²) < 4.78 is 4.71. The molecule has 6 nitrogen and oxygen atoms in total. The van der Waals surface area contributed by atoms with Gasteiger partial charge in [0.1, 0.15) is 11.1 Å². The van der Waals surface area contributed by atoms with Crippen molar-refractivity contribution in [2.75, 3.05) is 31.2 Å². The molecular weight excluding hydrogens is 354 g/mol. The molecule has 0 bridgehead atoms. The maximum absolute atomic E-state index is 14.2. The molecule has 6 heteroatoms. The highest BCUT2D eigenvalue weighted by Gasteiger charge is 2.62. The number of quaternary nitrogens is 1. The summed E-state index contributed by atoms with van der Waals surface area (Å²) in [7, 11) is 0. The molecule has 2 fully saturated rings. The number of rotatable bonds is 4. The van der Waals surface area contributed by atoms with Gasteiger partial charge in [0, 0.05) is 42.9 Å². The quantitative estimate of drug-likeness (QED) is 0.636. The van der Waals surface area contributed by atoms with Crippen LogP contribution in [0.3, 0.4) is 0 Å². The van der Waals surface area contributed by atoms with E-state index in [1.165, 1.54) is 0 Å². The van der Waals surface area contributed by atoms with Gasteiger partial charge in [-0.25, -0.2) is 0 Å². The van der Waals surface area contributed by atoms with Crippen LogP contribution in [0.15, 0.2) is 30.0 Å². The molecule has 1 radical (unpaired) electrons. The van der Waals surface area contributed by atoms with Crippen LogP contribution >= 0.6 is 0 Å². The van der Waals surface area contributed by atoms with Crippen molar-refractivity contribution < 1.29 is 19.4 Å². The highest BCUT2D eigenvalue weighted by atomic mass is 16.6. The van der Waals surface area contributed by atoms with E-state index in [0.717, 1.165) is 56.8 Å². The summed E-state index contributed by atoms with van der Waals surface area (Å²) in [6, 6.07) is 7.95. The molecule has 2 N–H and O–H groups in total. The number of anilines is 1. The number of hydroxylamine groups is 3. The van der Waals surface area contributed by atoms with Crippen molar-refractivity contribution in [1.82, 2.24) is 0 Å². The van der Waals surface area contributed by atoms with Crippen LogP contribution in [0.4, 0.5) is 5.69 Å². The minimum atomic E-state index is -0.694. The van der Waals surface area contributed by atoms with Crippen molar-refractivity contribution in [2.24, 2.45) is 5.73 Å². The number of primary amides is 1. The van der Waals surface area contributed by atoms with Crippen molar-refractivity contribution in [3.8, 4) is 0 Å². The van der Waals surface area contributed by atoms with Crippen LogP contribution in [0.1, 0.15) is 52.5 Å². The predicted octanol–water partition coefficient (Wildman–Crippen LogP) is 3.25. The van der Waals surface area contributed by atoms with Gasteiger partial charge in [-0.2, -0.15) is 0 Å². The third kappa shape index (κ3) is 3.56. The maximum Gasteiger partial charge on any atom is 0.306 e. The van der Waals surface area contributed by atoms with Crippen LogP contribution in [0.5, 0.6) is 0 Å². The second kappa shape index (κ2) is 7.50. The molecule has 2 heterocycles. The van der Waals surface area contributed by atoms with Gasteiger partial charge in [0.05, 0.1) is 13.2 Å². The van der Waals surface area contributed by atoms with Gasteiger partial charge in [-0.1, -0.05) is 16.8 Å². The summed E-state index contributed by atoms with van der Waals surface area (Å²) in [6.45, 7) is 11.0. The Morgan fingerprint density at radius 2 is 1.61 bits per heavy atom. The molecule has 1 aromatic rings. The Balaban J connectivity index is 1.97. The number of hydrogen-bond donors (Lipinski definition) is 1. The van der Waals surface area contributed by atoms with E-state index in [4.69, 9.17) is 10.5 Å². The molecule has 0 atom stereocenters. The number of ether oxygens (including phenoxy) is 1. The predicted molar refractivity (Wildman–Crippen MR) is 110 cm³/mol. The van der Waals surface area contributed by atoms with E-state index >= 15 is 0 Å². The molecule has 2 saturated heterocycles. The monoisotopic (exact) mass is 387 g/mol. The van der Waals surface area contributed by atoms with E-state index in [1.54, 1.807) is 6.08 Å². The lowest BCUT2D eigenvalue weighted by Gasteiger charge is -2.53. The number of morpholine rings is 1. The summed E-state index contributed by atoms with van der Waals surface area (Å²) >= 11 is 0. The molecular formula is C22H33N3O3+. The number of hydrogen-bond acceptors (Lipinski definition) is 3. The van der Waals surface area contributed by atoms with Gasteiger partial charge in [-0.15, -0.1) is 0 Å². The molecule has 0 aromatic heterocycles. The number of nitrogens with two attached hydrogens (primary N) is 1. The topological polar surface area (TPSA) is 75.5 Å². The van der Waals surface area contributed by atoms with E-state index in [-0.39, 0.29) is 5.70 Å². The van der Waals surface area contributed by atoms with Crippen LogP contribution in [-0.4, -0.2) is 47.9 Å². The number of amides is 1. The second-order valence-corrected chi connectivity index (χ2v) is 9.17. The zero-order valence-corrected chi connectivity index (χ0v) is 17.5. The first-order valence-corrected chi connectivity index (χ1v) is 10.1. The lowest BCUT2D eigenvalue weighted by molar-refractivity contribution is -1.17. The van der Waals surface area contributed by atoms with Crippen LogP contribution in [-0.2, 0) is 14.7 Å². The zero-order valence-electron chi connectivity index (χ0n) is 17.5. The van der Waals surface area contributed by atoms with Crippen LogP contribution in [0, 0.1) is 0 Å². The molecule has 0 unspecified atom stereocenters. The number of nitrogens with zero attached hydrogens (tertiary/aromatic N) is 2. The number of likely N-dealkylation sites (tertiary alicyclic amines) is 1. The largest absolute Gasteiger partial charge is 0.378 e. The molecule has 1 amide bonds. The van der Waals surface area contributed by atoms with Gasteiger partial charge in [0.25, 0.3) is 0 Å². The average Bonchev–Trinajstić information content (AvgIpc) is 2.65. The van der Waals surface area contributed by atoms with Crippen molar-refractivity contribution in [3.05, 3.63) is 35.5 Å². The summed E-state index contributed by atoms with van der Waals surface area (Å²) in [5.41, 5.74) is 6.58. The Morgan fingerprint density at radius 1 is 1.07 bits per heavy atom. The number of carbonyl (C=O) groups is 1. The number of piperidine rings is 1. The van der Waals surface area contributed by atoms with E-state index in [0.29, 0.717) is 0 Å². The SMILES string of the molecule is CC1(C)CCCC(C)(C)[N+]1([O])/C(=C/c1ccc(N2CCOCC2)cc1)C(N)=O. The smallest absolute Gasteiger partial charge is 0.306 e. The summed E-state index contributed by atoms with van der Waals surface area (Å²) in [5, 5.41) is 14.2. The summed E-state index contributed by atoms with van der Waals surface area (Å²) in [5.74, 6) is -0.643. The van der Waals surface area contributed by atoms with Gasteiger partial charge in [-0.3, -0.25) is 4.79 Å². The normalized spacial score (nSPS) is 24.0. The lowest BCUT2D eigenvalue weighted by Crippen LogP contribution is -2.71. The standard InChI is InChI=1S/C22H33N3O3/c1-21(2)10-5-11-22(3,4)25(21,27)19(20(23)26)16-17-6-8-18(9-7-17)24-12-14-28-15-13-24/h6-9,16H,5,10-15H2,1-4H3,(H2,23,26)/q+1/b19-16+. The first-order chi connectivity index (χ1) is 13.1. The Bertz CT molecular complexity index is 731. The van der Waals surface area contributed by atoms with Gasteiger partial charge < -0.3 is 15.4 Å². The Kier molecular flexibility index (Phi) is 5.58. The molecule has 28 heavy (non-hydrogen) atoms. The number of carbonyl (C=O) groups excluding carboxylic acids is 1. The van der Waals surface area contributed by atoms with E-state index in [2.05, 4.69) is 4.90 Å². The van der Waals surface area contributed by atoms with Crippen molar-refractivity contribution in [2.45, 2.75) is 58.0 Å². The Labute approximate surface area is 168 Å². The molecule has 0 spiro atoms. The van der Waals surface area contributed by atoms with E-state index < -0.39 is 21.6 Å². The highest BCUT2D eigenvalue weighted by Crippen LogP contribution is 2.48. The zero-order chi connectivity index (χ0) is 20.6. The highest BCUT2D eigenvalue weighted by molar-refractivity contribution is 5.94. The van der Waals surface area contributed by atoms with Crippen molar-refractivity contribution >= 4 is 17.7 Å². The second-order valence-electron chi connectivity index (χ2n) is 9.17. The van der Waals surface area contributed by atoms with E-state index in [1.807, 2.05) is 52.0 Å². The molecule has 2 aliphatic rings. The van der Waals surface area contributed by atoms with Crippen LogP contribution in [0.25, 0.3) is 6.08 Å². The molecule has 0 saturated carbocycles. The molecule has 0 aliphatic carbocycles. The van der Waals surface area contributed by atoms with Gasteiger partial charge in [0.2, 0.25) is 5.70 Å². The van der Waals surface area contributed by atoms with Gasteiger partial charge in [0.15, 0.2) is 0 Å². The van der Waals surface area contributed by atoms with Crippen molar-refractivity contribution in [1.29, 1.82) is 0 Å². The van der Waals surface area contributed by atoms with Crippen molar-refractivity contribution in [3.63, 3.8) is 0 Å². The first-order valence-electron chi connectivity index (χ1n) is 10.1. The minimum absolute atomic E-state index is 0.133.